The first-order valence-corrected chi connectivity index (χ1v) is 12.1. The molecule has 0 unspecified atom stereocenters. The first-order valence-electron chi connectivity index (χ1n) is 9.31. The van der Waals surface area contributed by atoms with Gasteiger partial charge >= 0.3 is 50.4 Å². The zero-order valence-electron chi connectivity index (χ0n) is 18.4. The van der Waals surface area contributed by atoms with E-state index in [-0.39, 0.29) is 29.6 Å². The number of hydrogen-bond acceptors (Lipinski definition) is 5. The first kappa shape index (κ1) is 40.5. The Morgan fingerprint density at radius 1 is 0.733 bits per heavy atom. The van der Waals surface area contributed by atoms with E-state index < -0.39 is 20.8 Å². The number of ether oxygens (including phenoxy) is 1. The Hall–Kier alpha value is 0.180. The van der Waals surface area contributed by atoms with Crippen LogP contribution in [-0.2, 0) is 25.5 Å². The second-order valence-electron chi connectivity index (χ2n) is 5.69. The minimum atomic E-state index is -4.67. The molecule has 0 amide bonds. The van der Waals surface area contributed by atoms with Gasteiger partial charge in [0, 0.05) is 0 Å². The molecule has 4 N–H and O–H groups in total. The van der Waals surface area contributed by atoms with Gasteiger partial charge in [0.15, 0.2) is 0 Å². The molecule has 0 radical (unpaired) electrons. The maximum atomic E-state index is 8.74. The molecule has 9 nitrogen and oxygen atoms in total. The van der Waals surface area contributed by atoms with Crippen molar-refractivity contribution in [3.63, 3.8) is 0 Å². The summed E-state index contributed by atoms with van der Waals surface area (Å²) in [5, 5.41) is 0. The van der Waals surface area contributed by atoms with Gasteiger partial charge in [-0.25, -0.2) is 0 Å². The van der Waals surface area contributed by atoms with Gasteiger partial charge in [0.2, 0.25) is 0 Å². The standard InChI is InChI=1S/C12H25.C6H10O.Na.2H2O4S/c1-3-5-7-9-11-12-10-8-6-4-2;1-3-5-7-6-4-2;;2*1-5(2,3)4/h1,3-12H2,2H3;3-4H,1-2,5-6H2;;2*(H2,1,2,3,4)/q-1;;+1;;. The maximum absolute atomic E-state index is 8.74. The van der Waals surface area contributed by atoms with Crippen LogP contribution in [0.3, 0.4) is 0 Å². The van der Waals surface area contributed by atoms with Crippen molar-refractivity contribution in [3.05, 3.63) is 32.2 Å². The van der Waals surface area contributed by atoms with Gasteiger partial charge in [0.25, 0.3) is 0 Å². The molecule has 0 aromatic carbocycles. The van der Waals surface area contributed by atoms with Crippen LogP contribution >= 0.6 is 0 Å². The maximum Gasteiger partial charge on any atom is 1.00 e. The molecule has 0 spiro atoms. The van der Waals surface area contributed by atoms with E-state index in [0.717, 1.165) is 6.42 Å². The summed E-state index contributed by atoms with van der Waals surface area (Å²) in [6.07, 6.45) is 17.3. The molecule has 0 saturated carbocycles. The number of unbranched alkanes of at least 4 members (excludes halogenated alkanes) is 9. The van der Waals surface area contributed by atoms with Gasteiger partial charge in [-0.3, -0.25) is 18.2 Å². The second-order valence-corrected chi connectivity index (χ2v) is 7.48. The van der Waals surface area contributed by atoms with Gasteiger partial charge in [0.1, 0.15) is 0 Å². The number of rotatable bonds is 13. The van der Waals surface area contributed by atoms with Gasteiger partial charge in [0.05, 0.1) is 13.2 Å². The normalized spacial score (nSPS) is 9.93. The molecule has 0 aliphatic heterocycles. The Balaban J connectivity index is -0.0000000993. The van der Waals surface area contributed by atoms with Crippen LogP contribution < -0.4 is 29.6 Å². The zero-order valence-corrected chi connectivity index (χ0v) is 22.0. The molecule has 0 heterocycles. The predicted molar refractivity (Wildman–Crippen MR) is 117 cm³/mol. The molecule has 0 atom stereocenters. The molecule has 0 aliphatic rings. The minimum absolute atomic E-state index is 0. The van der Waals surface area contributed by atoms with Crippen molar-refractivity contribution in [3.8, 4) is 0 Å². The Morgan fingerprint density at radius 2 is 1.00 bits per heavy atom. The first-order chi connectivity index (χ1) is 13.3. The summed E-state index contributed by atoms with van der Waals surface area (Å²) < 4.78 is 68.1. The molecule has 30 heavy (non-hydrogen) atoms. The molecule has 12 heteroatoms. The molecule has 0 fully saturated rings. The van der Waals surface area contributed by atoms with Crippen LogP contribution in [-0.4, -0.2) is 48.3 Å². The van der Waals surface area contributed by atoms with Crippen molar-refractivity contribution in [2.24, 2.45) is 0 Å². The van der Waals surface area contributed by atoms with E-state index >= 15 is 0 Å². The van der Waals surface area contributed by atoms with E-state index in [9.17, 15) is 0 Å². The van der Waals surface area contributed by atoms with E-state index in [0.29, 0.717) is 13.2 Å². The molecular formula is C18H39NaO9S2. The molecule has 0 aliphatic carbocycles. The van der Waals surface area contributed by atoms with Crippen molar-refractivity contribution in [1.29, 1.82) is 0 Å². The van der Waals surface area contributed by atoms with Gasteiger partial charge in [-0.15, -0.1) is 13.2 Å². The Morgan fingerprint density at radius 3 is 1.23 bits per heavy atom. The predicted octanol–water partition coefficient (Wildman–Crippen LogP) is 1.81. The summed E-state index contributed by atoms with van der Waals surface area (Å²) in [7, 11) is -9.33. The van der Waals surface area contributed by atoms with Crippen LogP contribution in [0.1, 0.15) is 71.1 Å². The third-order valence-electron chi connectivity index (χ3n) is 2.82. The Kier molecular flexibility index (Phi) is 42.4. The van der Waals surface area contributed by atoms with E-state index in [1.165, 1.54) is 57.8 Å². The van der Waals surface area contributed by atoms with E-state index in [4.69, 9.17) is 39.8 Å². The summed E-state index contributed by atoms with van der Waals surface area (Å²) in [6, 6.07) is 0. The van der Waals surface area contributed by atoms with Crippen LogP contribution in [0.2, 0.25) is 0 Å². The summed E-state index contributed by atoms with van der Waals surface area (Å²) in [6.45, 7) is 14.3. The van der Waals surface area contributed by atoms with Gasteiger partial charge < -0.3 is 11.7 Å². The second kappa shape index (κ2) is 31.4. The van der Waals surface area contributed by atoms with Crippen molar-refractivity contribution >= 4 is 20.8 Å². The van der Waals surface area contributed by atoms with Gasteiger partial charge in [-0.2, -0.15) is 23.3 Å². The quantitative estimate of drug-likeness (QED) is 0.100. The zero-order chi connectivity index (χ0) is 23.6. The average Bonchev–Trinajstić information content (AvgIpc) is 2.55. The summed E-state index contributed by atoms with van der Waals surface area (Å²) in [5.41, 5.74) is 0. The van der Waals surface area contributed by atoms with Crippen LogP contribution in [0.4, 0.5) is 0 Å². The fourth-order valence-corrected chi connectivity index (χ4v) is 1.72. The van der Waals surface area contributed by atoms with Crippen molar-refractivity contribution in [2.75, 3.05) is 13.2 Å². The summed E-state index contributed by atoms with van der Waals surface area (Å²) in [4.78, 5) is 0. The van der Waals surface area contributed by atoms with Crippen LogP contribution in [0.5, 0.6) is 0 Å². The minimum Gasteiger partial charge on any atom is -0.373 e. The van der Waals surface area contributed by atoms with E-state index in [1.807, 2.05) is 0 Å². The van der Waals surface area contributed by atoms with Crippen molar-refractivity contribution < 1.29 is 69.3 Å². The van der Waals surface area contributed by atoms with Gasteiger partial charge in [-0.1, -0.05) is 76.9 Å². The number of hydrogen-bond donors (Lipinski definition) is 4. The molecule has 178 valence electrons. The Bertz CT molecular complexity index is 472. The fraction of sp³-hybridized carbons (Fsp3) is 0.722. The third kappa shape index (κ3) is 120. The monoisotopic (exact) mass is 486 g/mol. The molecule has 0 aromatic heterocycles. The molecule has 0 rings (SSSR count). The molecule has 0 aromatic rings. The third-order valence-corrected chi connectivity index (χ3v) is 2.82. The largest absolute Gasteiger partial charge is 1.00 e. The van der Waals surface area contributed by atoms with Crippen LogP contribution in [0.15, 0.2) is 25.3 Å². The molecule has 0 saturated heterocycles. The topological polar surface area (TPSA) is 158 Å². The van der Waals surface area contributed by atoms with Gasteiger partial charge in [-0.05, 0) is 0 Å². The summed E-state index contributed by atoms with van der Waals surface area (Å²) in [5.74, 6) is 0. The summed E-state index contributed by atoms with van der Waals surface area (Å²) >= 11 is 0. The molecular weight excluding hydrogens is 447 g/mol. The smallest absolute Gasteiger partial charge is 0.373 e. The van der Waals surface area contributed by atoms with Crippen molar-refractivity contribution in [2.45, 2.75) is 71.1 Å². The van der Waals surface area contributed by atoms with Crippen LogP contribution in [0, 0.1) is 6.92 Å². The Labute approximate surface area is 205 Å². The fourth-order valence-electron chi connectivity index (χ4n) is 1.72. The molecule has 0 bridgehead atoms. The SMILES string of the molecule is C=CCOCC=C.O=S(=O)(O)O.O=S(=O)(O)O.[CH2-]CCCCCCCCCCC.[Na+]. The van der Waals surface area contributed by atoms with E-state index in [2.05, 4.69) is 27.0 Å². The average molecular weight is 487 g/mol. The van der Waals surface area contributed by atoms with E-state index in [1.54, 1.807) is 12.2 Å². The van der Waals surface area contributed by atoms with Crippen molar-refractivity contribution in [1.82, 2.24) is 0 Å². The van der Waals surface area contributed by atoms with Crippen LogP contribution in [0.25, 0.3) is 0 Å².